The zero-order valence-corrected chi connectivity index (χ0v) is 12.3. The normalized spacial score (nSPS) is 39.6. The number of piperidine rings is 1. The summed E-state index contributed by atoms with van der Waals surface area (Å²) in [5.74, 6) is 0.987. The predicted octanol–water partition coefficient (Wildman–Crippen LogP) is 3.13. The topological polar surface area (TPSA) is 37.8 Å². The first-order chi connectivity index (χ1) is 9.33. The van der Waals surface area contributed by atoms with Gasteiger partial charge >= 0.3 is 0 Å². The van der Waals surface area contributed by atoms with Crippen LogP contribution < -0.4 is 5.32 Å². The molecule has 0 spiro atoms. The van der Waals surface area contributed by atoms with Crippen molar-refractivity contribution in [3.05, 3.63) is 10.5 Å². The summed E-state index contributed by atoms with van der Waals surface area (Å²) < 4.78 is 0. The number of hydrogen-bond acceptors (Lipinski definition) is 4. The van der Waals surface area contributed by atoms with Crippen LogP contribution in [0.2, 0.25) is 0 Å². The van der Waals surface area contributed by atoms with Gasteiger partial charge in [-0.3, -0.25) is 0 Å². The summed E-state index contributed by atoms with van der Waals surface area (Å²) in [6.45, 7) is 2.49. The van der Waals surface area contributed by atoms with E-state index in [1.807, 2.05) is 5.51 Å². The maximum Gasteiger partial charge on any atom is 0.123 e. The highest BCUT2D eigenvalue weighted by Crippen LogP contribution is 2.61. The molecule has 104 valence electrons. The molecule has 1 N–H and O–H groups in total. The number of nitrogens with zero attached hydrogens (tertiary/aromatic N) is 2. The lowest BCUT2D eigenvalue weighted by Gasteiger charge is -2.56. The summed E-state index contributed by atoms with van der Waals surface area (Å²) in [6.07, 6.45) is 11.2. The molecule has 0 amide bonds. The molecule has 0 aromatic carbocycles. The quantitative estimate of drug-likeness (QED) is 0.902. The first-order valence-corrected chi connectivity index (χ1v) is 8.68. The van der Waals surface area contributed by atoms with Crippen molar-refractivity contribution in [2.24, 2.45) is 11.3 Å². The highest BCUT2D eigenvalue weighted by atomic mass is 32.1. The molecule has 1 aliphatic heterocycles. The lowest BCUT2D eigenvalue weighted by molar-refractivity contribution is -0.0216. The van der Waals surface area contributed by atoms with Crippen molar-refractivity contribution in [2.45, 2.75) is 56.8 Å². The van der Waals surface area contributed by atoms with Crippen LogP contribution in [0.1, 0.15) is 56.4 Å². The molecule has 1 saturated heterocycles. The van der Waals surface area contributed by atoms with E-state index in [1.165, 1.54) is 69.5 Å². The molecule has 2 heterocycles. The van der Waals surface area contributed by atoms with Crippen molar-refractivity contribution < 1.29 is 0 Å². The minimum atomic E-state index is 0.413. The Balaban J connectivity index is 1.54. The standard InChI is InChI=1S/C15H23N3S/c1-9-16-10-2-12(1)14-3-6-15(7-4-14,8-5-14)13-18-17-11-19-13/h11-12,16H,1-10H2. The fourth-order valence-corrected chi connectivity index (χ4v) is 5.83. The third kappa shape index (κ3) is 1.87. The monoisotopic (exact) mass is 277 g/mol. The highest BCUT2D eigenvalue weighted by molar-refractivity contribution is 7.09. The lowest BCUT2D eigenvalue weighted by Crippen LogP contribution is -2.49. The van der Waals surface area contributed by atoms with E-state index in [-0.39, 0.29) is 0 Å². The van der Waals surface area contributed by atoms with Gasteiger partial charge in [0.2, 0.25) is 0 Å². The Morgan fingerprint density at radius 2 is 1.74 bits per heavy atom. The highest BCUT2D eigenvalue weighted by Gasteiger charge is 2.53. The summed E-state index contributed by atoms with van der Waals surface area (Å²) >= 11 is 1.78. The van der Waals surface area contributed by atoms with Gasteiger partial charge in [-0.2, -0.15) is 0 Å². The minimum Gasteiger partial charge on any atom is -0.317 e. The lowest BCUT2D eigenvalue weighted by atomic mass is 9.49. The molecule has 1 aromatic heterocycles. The molecular formula is C15H23N3S. The number of nitrogens with one attached hydrogen (secondary N) is 1. The third-order valence-corrected chi connectivity index (χ3v) is 7.26. The smallest absolute Gasteiger partial charge is 0.123 e. The maximum atomic E-state index is 4.40. The van der Waals surface area contributed by atoms with Gasteiger partial charge in [0, 0.05) is 5.41 Å². The van der Waals surface area contributed by atoms with Crippen LogP contribution in [0.4, 0.5) is 0 Å². The molecule has 4 aliphatic rings. The van der Waals surface area contributed by atoms with Crippen LogP contribution in [0.25, 0.3) is 0 Å². The molecule has 19 heavy (non-hydrogen) atoms. The van der Waals surface area contributed by atoms with E-state index < -0.39 is 0 Å². The van der Waals surface area contributed by atoms with Crippen molar-refractivity contribution in [1.29, 1.82) is 0 Å². The molecule has 0 unspecified atom stereocenters. The van der Waals surface area contributed by atoms with Gasteiger partial charge in [-0.05, 0) is 75.8 Å². The van der Waals surface area contributed by atoms with E-state index in [0.29, 0.717) is 10.8 Å². The second kappa shape index (κ2) is 4.52. The fourth-order valence-electron chi connectivity index (χ4n) is 4.99. The Morgan fingerprint density at radius 3 is 2.32 bits per heavy atom. The predicted molar refractivity (Wildman–Crippen MR) is 77.3 cm³/mol. The van der Waals surface area contributed by atoms with Crippen molar-refractivity contribution in [2.75, 3.05) is 13.1 Å². The fraction of sp³-hybridized carbons (Fsp3) is 0.867. The van der Waals surface area contributed by atoms with Gasteiger partial charge in [0.1, 0.15) is 10.5 Å². The van der Waals surface area contributed by atoms with Crippen molar-refractivity contribution in [1.82, 2.24) is 15.5 Å². The van der Waals surface area contributed by atoms with Crippen LogP contribution in [0.15, 0.2) is 5.51 Å². The average molecular weight is 277 g/mol. The van der Waals surface area contributed by atoms with Gasteiger partial charge in [-0.1, -0.05) is 0 Å². The van der Waals surface area contributed by atoms with E-state index in [9.17, 15) is 0 Å². The van der Waals surface area contributed by atoms with Crippen LogP contribution >= 0.6 is 11.3 Å². The van der Waals surface area contributed by atoms with Gasteiger partial charge in [0.05, 0.1) is 0 Å². The number of rotatable bonds is 2. The molecule has 3 nitrogen and oxygen atoms in total. The van der Waals surface area contributed by atoms with Gasteiger partial charge in [0.25, 0.3) is 0 Å². The summed E-state index contributed by atoms with van der Waals surface area (Å²) in [5, 5.41) is 13.3. The Labute approximate surface area is 119 Å². The minimum absolute atomic E-state index is 0.413. The molecule has 0 radical (unpaired) electrons. The van der Waals surface area contributed by atoms with Crippen LogP contribution in [-0.2, 0) is 5.41 Å². The second-order valence-corrected chi connectivity index (χ2v) is 7.74. The van der Waals surface area contributed by atoms with Crippen LogP contribution in [0, 0.1) is 11.3 Å². The van der Waals surface area contributed by atoms with Crippen molar-refractivity contribution in [3.8, 4) is 0 Å². The Bertz CT molecular complexity index is 412. The summed E-state index contributed by atoms with van der Waals surface area (Å²) in [6, 6.07) is 0. The van der Waals surface area contributed by atoms with Crippen LogP contribution in [-0.4, -0.2) is 23.3 Å². The van der Waals surface area contributed by atoms with E-state index in [4.69, 9.17) is 0 Å². The van der Waals surface area contributed by atoms with Gasteiger partial charge in [-0.25, -0.2) is 0 Å². The zero-order chi connectivity index (χ0) is 12.8. The van der Waals surface area contributed by atoms with E-state index in [1.54, 1.807) is 11.3 Å². The molecule has 1 aromatic rings. The maximum absolute atomic E-state index is 4.40. The SMILES string of the molecule is c1nnc(C23CCC(C4CCNCC4)(CC2)CC3)s1. The first-order valence-electron chi connectivity index (χ1n) is 7.81. The van der Waals surface area contributed by atoms with Crippen molar-refractivity contribution >= 4 is 11.3 Å². The van der Waals surface area contributed by atoms with Gasteiger partial charge < -0.3 is 5.32 Å². The third-order valence-electron chi connectivity index (χ3n) is 6.32. The number of hydrogen-bond donors (Lipinski definition) is 1. The largest absolute Gasteiger partial charge is 0.317 e. The van der Waals surface area contributed by atoms with Gasteiger partial charge in [0.15, 0.2) is 0 Å². The molecule has 4 heteroatoms. The second-order valence-electron chi connectivity index (χ2n) is 6.91. The average Bonchev–Trinajstić information content (AvgIpc) is 3.05. The molecule has 2 bridgehead atoms. The Kier molecular flexibility index (Phi) is 2.92. The van der Waals surface area contributed by atoms with Gasteiger partial charge in [-0.15, -0.1) is 21.5 Å². The Hall–Kier alpha value is -0.480. The molecule has 4 fully saturated rings. The number of fused-ring (bicyclic) bond motifs is 3. The van der Waals surface area contributed by atoms with E-state index in [2.05, 4.69) is 15.5 Å². The van der Waals surface area contributed by atoms with Crippen LogP contribution in [0.3, 0.4) is 0 Å². The number of aromatic nitrogens is 2. The van der Waals surface area contributed by atoms with Crippen LogP contribution in [0.5, 0.6) is 0 Å². The first kappa shape index (κ1) is 12.3. The zero-order valence-electron chi connectivity index (χ0n) is 11.5. The summed E-state index contributed by atoms with van der Waals surface area (Å²) in [5.41, 5.74) is 3.01. The summed E-state index contributed by atoms with van der Waals surface area (Å²) in [7, 11) is 0. The van der Waals surface area contributed by atoms with Crippen molar-refractivity contribution in [3.63, 3.8) is 0 Å². The molecule has 3 saturated carbocycles. The molecule has 3 aliphatic carbocycles. The molecule has 0 atom stereocenters. The molecular weight excluding hydrogens is 254 g/mol. The Morgan fingerprint density at radius 1 is 1.05 bits per heavy atom. The molecule has 5 rings (SSSR count). The van der Waals surface area contributed by atoms with E-state index >= 15 is 0 Å². The van der Waals surface area contributed by atoms with E-state index in [0.717, 1.165) is 5.92 Å². The summed E-state index contributed by atoms with van der Waals surface area (Å²) in [4.78, 5) is 0.